The Labute approximate surface area is 158 Å². The molecule has 0 saturated carbocycles. The highest BCUT2D eigenvalue weighted by atomic mass is 19.3. The first-order valence-corrected chi connectivity index (χ1v) is 7.83. The largest absolute Gasteiger partial charge is 0.432 e. The van der Waals surface area contributed by atoms with Crippen LogP contribution in [0.3, 0.4) is 0 Å². The predicted octanol–water partition coefficient (Wildman–Crippen LogP) is 6.02. The van der Waals surface area contributed by atoms with Crippen molar-refractivity contribution in [3.63, 3.8) is 0 Å². The highest BCUT2D eigenvalue weighted by Crippen LogP contribution is 2.37. The van der Waals surface area contributed by atoms with Crippen LogP contribution in [0.2, 0.25) is 0 Å². The maximum absolute atomic E-state index is 14.3. The van der Waals surface area contributed by atoms with Crippen LogP contribution in [0.25, 0.3) is 11.3 Å². The van der Waals surface area contributed by atoms with Crippen LogP contribution in [0.4, 0.5) is 35.1 Å². The van der Waals surface area contributed by atoms with E-state index in [0.717, 1.165) is 6.07 Å². The van der Waals surface area contributed by atoms with Crippen LogP contribution in [0.1, 0.15) is 11.1 Å². The van der Waals surface area contributed by atoms with E-state index in [2.05, 4.69) is 9.72 Å². The van der Waals surface area contributed by atoms with Crippen LogP contribution in [0, 0.1) is 41.8 Å². The zero-order chi connectivity index (χ0) is 21.5. The fourth-order valence-electron chi connectivity index (χ4n) is 2.52. The van der Waals surface area contributed by atoms with Gasteiger partial charge < -0.3 is 4.74 Å². The number of alkyl halides is 2. The normalized spacial score (nSPS) is 11.6. The lowest BCUT2D eigenvalue weighted by molar-refractivity contribution is -0.189. The molecule has 0 unspecified atom stereocenters. The zero-order valence-corrected chi connectivity index (χ0v) is 14.3. The second-order valence-electron chi connectivity index (χ2n) is 5.98. The molecule has 0 saturated heterocycles. The number of benzene rings is 2. The van der Waals surface area contributed by atoms with Crippen LogP contribution < -0.4 is 4.74 Å². The van der Waals surface area contributed by atoms with Crippen molar-refractivity contribution in [1.29, 1.82) is 0 Å². The summed E-state index contributed by atoms with van der Waals surface area (Å²) >= 11 is 0. The molecule has 0 aliphatic carbocycles. The van der Waals surface area contributed by atoms with Gasteiger partial charge in [0.15, 0.2) is 17.5 Å². The van der Waals surface area contributed by atoms with Gasteiger partial charge in [0.05, 0.1) is 0 Å². The molecule has 2 aromatic carbocycles. The Kier molecular flexibility index (Phi) is 5.20. The molecule has 0 aliphatic heterocycles. The van der Waals surface area contributed by atoms with E-state index >= 15 is 0 Å². The van der Waals surface area contributed by atoms with Crippen LogP contribution in [-0.4, -0.2) is 4.98 Å². The third kappa shape index (κ3) is 4.01. The Morgan fingerprint density at radius 3 is 1.83 bits per heavy atom. The van der Waals surface area contributed by atoms with E-state index in [1.54, 1.807) is 0 Å². The average Bonchev–Trinajstić information content (AvgIpc) is 2.58. The molecule has 0 N–H and O–H groups in total. The van der Waals surface area contributed by atoms with Gasteiger partial charge >= 0.3 is 6.11 Å². The molecular formula is C19H9F8NO. The van der Waals surface area contributed by atoms with Gasteiger partial charge in [0.2, 0.25) is 0 Å². The number of hydrogen-bond acceptors (Lipinski definition) is 2. The van der Waals surface area contributed by atoms with Crippen molar-refractivity contribution in [3.8, 4) is 17.0 Å². The molecule has 2 nitrogen and oxygen atoms in total. The van der Waals surface area contributed by atoms with Gasteiger partial charge in [0.25, 0.3) is 0 Å². The number of ether oxygens (including phenoxy) is 1. The monoisotopic (exact) mass is 419 g/mol. The van der Waals surface area contributed by atoms with Gasteiger partial charge in [-0.15, -0.1) is 0 Å². The molecule has 0 bridgehead atoms. The number of nitrogens with zero attached hydrogens (tertiary/aromatic N) is 1. The number of aryl methyl sites for hydroxylation is 1. The van der Waals surface area contributed by atoms with E-state index in [1.165, 1.54) is 13.1 Å². The lowest BCUT2D eigenvalue weighted by atomic mass is 10.1. The molecule has 0 amide bonds. The Morgan fingerprint density at radius 1 is 0.759 bits per heavy atom. The zero-order valence-electron chi connectivity index (χ0n) is 14.3. The molecule has 152 valence electrons. The molecule has 0 spiro atoms. The molecule has 1 heterocycles. The van der Waals surface area contributed by atoms with Crippen molar-refractivity contribution >= 4 is 0 Å². The first kappa shape index (κ1) is 20.6. The molecule has 0 aliphatic rings. The van der Waals surface area contributed by atoms with Crippen molar-refractivity contribution in [2.75, 3.05) is 0 Å². The van der Waals surface area contributed by atoms with Crippen LogP contribution in [0.5, 0.6) is 5.75 Å². The number of aromatic nitrogens is 1. The number of rotatable bonds is 4. The predicted molar refractivity (Wildman–Crippen MR) is 85.1 cm³/mol. The third-order valence-electron chi connectivity index (χ3n) is 3.79. The van der Waals surface area contributed by atoms with Gasteiger partial charge in [-0.05, 0) is 30.7 Å². The van der Waals surface area contributed by atoms with E-state index in [1.807, 2.05) is 0 Å². The SMILES string of the molecule is Cc1cnc(-c2cc(F)c(C(F)(F)Oc3cc(F)c(F)c(F)c3)c(F)c2)c(F)c1. The first-order valence-electron chi connectivity index (χ1n) is 7.83. The smallest absolute Gasteiger partial charge is 0.429 e. The minimum absolute atomic E-state index is 0.0854. The lowest BCUT2D eigenvalue weighted by Gasteiger charge is -2.20. The van der Waals surface area contributed by atoms with E-state index in [4.69, 9.17) is 0 Å². The second-order valence-corrected chi connectivity index (χ2v) is 5.98. The average molecular weight is 419 g/mol. The lowest BCUT2D eigenvalue weighted by Crippen LogP contribution is -2.25. The van der Waals surface area contributed by atoms with Gasteiger partial charge in [0.1, 0.15) is 34.5 Å². The Hall–Kier alpha value is -3.17. The van der Waals surface area contributed by atoms with Gasteiger partial charge in [-0.3, -0.25) is 4.98 Å². The summed E-state index contributed by atoms with van der Waals surface area (Å²) in [5.74, 6) is -11.4. The minimum Gasteiger partial charge on any atom is -0.429 e. The Balaban J connectivity index is 2.02. The van der Waals surface area contributed by atoms with Crippen molar-refractivity contribution in [3.05, 3.63) is 82.6 Å². The summed E-state index contributed by atoms with van der Waals surface area (Å²) in [7, 11) is 0. The molecular weight excluding hydrogens is 410 g/mol. The van der Waals surface area contributed by atoms with Crippen LogP contribution in [0.15, 0.2) is 36.5 Å². The minimum atomic E-state index is -4.73. The molecule has 29 heavy (non-hydrogen) atoms. The summed E-state index contributed by atoms with van der Waals surface area (Å²) in [6.07, 6.45) is -3.53. The first-order chi connectivity index (χ1) is 13.5. The number of pyridine rings is 1. The molecule has 1 aromatic heterocycles. The summed E-state index contributed by atoms with van der Waals surface area (Å²) in [5, 5.41) is 0. The quantitative estimate of drug-likeness (QED) is 0.381. The van der Waals surface area contributed by atoms with E-state index < -0.39 is 63.6 Å². The van der Waals surface area contributed by atoms with Crippen molar-refractivity contribution in [1.82, 2.24) is 4.98 Å². The van der Waals surface area contributed by atoms with E-state index in [9.17, 15) is 35.1 Å². The van der Waals surface area contributed by atoms with Gasteiger partial charge in [-0.1, -0.05) is 0 Å². The molecule has 0 radical (unpaired) electrons. The maximum Gasteiger partial charge on any atom is 0.432 e. The van der Waals surface area contributed by atoms with Crippen molar-refractivity contribution in [2.24, 2.45) is 0 Å². The maximum atomic E-state index is 14.3. The molecule has 3 aromatic rings. The fourth-order valence-corrected chi connectivity index (χ4v) is 2.52. The highest BCUT2D eigenvalue weighted by Gasteiger charge is 2.41. The summed E-state index contributed by atoms with van der Waals surface area (Å²) < 4.78 is 114. The molecule has 10 heteroatoms. The summed E-state index contributed by atoms with van der Waals surface area (Å²) in [6, 6.07) is 2.01. The molecule has 0 atom stereocenters. The Morgan fingerprint density at radius 2 is 1.31 bits per heavy atom. The van der Waals surface area contributed by atoms with E-state index in [-0.39, 0.29) is 12.1 Å². The fraction of sp³-hybridized carbons (Fsp3) is 0.105. The van der Waals surface area contributed by atoms with Gasteiger partial charge in [-0.2, -0.15) is 8.78 Å². The number of hydrogen-bond donors (Lipinski definition) is 0. The number of halogens is 8. The standard InChI is InChI=1S/C19H9F8NO/c1-8-2-15(24)18(28-7-8)9-3-11(20)16(12(21)4-9)19(26,27)29-10-5-13(22)17(25)14(23)6-10/h2-7H,1H3. The van der Waals surface area contributed by atoms with Crippen molar-refractivity contribution in [2.45, 2.75) is 13.0 Å². The van der Waals surface area contributed by atoms with Crippen LogP contribution >= 0.6 is 0 Å². The van der Waals surface area contributed by atoms with Crippen LogP contribution in [-0.2, 0) is 6.11 Å². The molecule has 0 fully saturated rings. The summed E-state index contributed by atoms with van der Waals surface area (Å²) in [5.41, 5.74) is -2.41. The topological polar surface area (TPSA) is 22.1 Å². The summed E-state index contributed by atoms with van der Waals surface area (Å²) in [6.45, 7) is 1.52. The molecule has 3 rings (SSSR count). The van der Waals surface area contributed by atoms with Gasteiger partial charge in [-0.25, -0.2) is 26.3 Å². The van der Waals surface area contributed by atoms with E-state index in [0.29, 0.717) is 17.7 Å². The Bertz CT molecular complexity index is 1050. The third-order valence-corrected chi connectivity index (χ3v) is 3.79. The highest BCUT2D eigenvalue weighted by molar-refractivity contribution is 5.61. The van der Waals surface area contributed by atoms with Crippen molar-refractivity contribution < 1.29 is 39.9 Å². The van der Waals surface area contributed by atoms with Gasteiger partial charge in [0, 0.05) is 23.9 Å². The second kappa shape index (κ2) is 7.34. The summed E-state index contributed by atoms with van der Waals surface area (Å²) in [4.78, 5) is 3.67.